The van der Waals surface area contributed by atoms with E-state index in [4.69, 9.17) is 5.11 Å². The average molecular weight is 171 g/mol. The monoisotopic (exact) mass is 171 g/mol. The fourth-order valence-electron chi connectivity index (χ4n) is 1.61. The van der Waals surface area contributed by atoms with Gasteiger partial charge in [0.15, 0.2) is 0 Å². The molecule has 1 atom stereocenters. The van der Waals surface area contributed by atoms with Gasteiger partial charge in [0.1, 0.15) is 11.2 Å². The lowest BCUT2D eigenvalue weighted by Gasteiger charge is -2.19. The van der Waals surface area contributed by atoms with E-state index < -0.39 is 11.4 Å². The van der Waals surface area contributed by atoms with Crippen molar-refractivity contribution in [1.82, 2.24) is 4.90 Å². The summed E-state index contributed by atoms with van der Waals surface area (Å²) in [5, 5.41) is 8.90. The number of hydrogen-bond acceptors (Lipinski definition) is 3. The van der Waals surface area contributed by atoms with Crippen LogP contribution >= 0.6 is 0 Å². The minimum absolute atomic E-state index is 0.237. The van der Waals surface area contributed by atoms with Crippen molar-refractivity contribution in [2.75, 3.05) is 20.1 Å². The van der Waals surface area contributed by atoms with Crippen LogP contribution in [0.4, 0.5) is 0 Å². The van der Waals surface area contributed by atoms with Crippen LogP contribution in [0.25, 0.3) is 0 Å². The summed E-state index contributed by atoms with van der Waals surface area (Å²) in [6.45, 7) is 2.39. The third-order valence-electron chi connectivity index (χ3n) is 2.54. The molecule has 12 heavy (non-hydrogen) atoms. The Morgan fingerprint density at radius 3 is 2.25 bits per heavy atom. The van der Waals surface area contributed by atoms with Gasteiger partial charge in [-0.2, -0.15) is 0 Å². The van der Waals surface area contributed by atoms with Crippen molar-refractivity contribution in [2.45, 2.75) is 13.3 Å². The van der Waals surface area contributed by atoms with Crippen molar-refractivity contribution in [3.05, 3.63) is 0 Å². The number of Topliss-reactive ketones (excluding diaryl/α,β-unsaturated/α-hetero) is 1. The molecule has 1 saturated heterocycles. The number of nitrogens with zero attached hydrogens (tertiary/aromatic N) is 1. The zero-order chi connectivity index (χ0) is 9.35. The maximum absolute atomic E-state index is 11.1. The maximum atomic E-state index is 11.1. The van der Waals surface area contributed by atoms with E-state index in [1.165, 1.54) is 6.92 Å². The summed E-state index contributed by atoms with van der Waals surface area (Å²) in [6, 6.07) is 0. The first-order valence-electron chi connectivity index (χ1n) is 3.92. The Morgan fingerprint density at radius 2 is 2.08 bits per heavy atom. The number of ketones is 1. The van der Waals surface area contributed by atoms with Gasteiger partial charge in [-0.05, 0) is 26.9 Å². The summed E-state index contributed by atoms with van der Waals surface area (Å²) < 4.78 is 0. The van der Waals surface area contributed by atoms with Crippen LogP contribution in [0.3, 0.4) is 0 Å². The van der Waals surface area contributed by atoms with Gasteiger partial charge in [0.2, 0.25) is 0 Å². The van der Waals surface area contributed by atoms with Gasteiger partial charge >= 0.3 is 5.97 Å². The molecule has 0 aromatic rings. The fraction of sp³-hybridized carbons (Fsp3) is 0.750. The quantitative estimate of drug-likeness (QED) is 0.593. The number of carbonyl (C=O) groups is 2. The Bertz CT molecular complexity index is 210. The van der Waals surface area contributed by atoms with Crippen LogP contribution in [0.2, 0.25) is 0 Å². The molecule has 0 aromatic heterocycles. The summed E-state index contributed by atoms with van der Waals surface area (Å²) in [5.74, 6) is -1.22. The Morgan fingerprint density at radius 1 is 1.50 bits per heavy atom. The largest absolute Gasteiger partial charge is 0.480 e. The van der Waals surface area contributed by atoms with Crippen molar-refractivity contribution in [2.24, 2.45) is 5.41 Å². The first-order valence-corrected chi connectivity index (χ1v) is 3.92. The fourth-order valence-corrected chi connectivity index (χ4v) is 1.61. The Balaban J connectivity index is 2.89. The van der Waals surface area contributed by atoms with Crippen molar-refractivity contribution >= 4 is 11.8 Å². The van der Waals surface area contributed by atoms with E-state index in [1.54, 1.807) is 0 Å². The number of likely N-dealkylation sites (tertiary alicyclic amines) is 1. The molecule has 1 heterocycles. The minimum Gasteiger partial charge on any atom is -0.480 e. The molecular formula is C8H13NO3. The first kappa shape index (κ1) is 9.19. The summed E-state index contributed by atoms with van der Waals surface area (Å²) in [7, 11) is 1.83. The highest BCUT2D eigenvalue weighted by Gasteiger charge is 2.47. The highest BCUT2D eigenvalue weighted by molar-refractivity contribution is 6.02. The predicted octanol–water partition coefficient (Wildman–Crippen LogP) is -0.0181. The number of carbonyl (C=O) groups excluding carboxylic acids is 1. The lowest BCUT2D eigenvalue weighted by molar-refractivity contribution is -0.153. The van der Waals surface area contributed by atoms with Gasteiger partial charge in [0.25, 0.3) is 0 Å². The third-order valence-corrected chi connectivity index (χ3v) is 2.54. The van der Waals surface area contributed by atoms with Gasteiger partial charge in [-0.1, -0.05) is 0 Å². The van der Waals surface area contributed by atoms with Gasteiger partial charge in [0.05, 0.1) is 0 Å². The van der Waals surface area contributed by atoms with E-state index in [0.717, 1.165) is 0 Å². The molecular weight excluding hydrogens is 158 g/mol. The van der Waals surface area contributed by atoms with E-state index in [9.17, 15) is 9.59 Å². The van der Waals surface area contributed by atoms with Crippen LogP contribution in [-0.2, 0) is 9.59 Å². The van der Waals surface area contributed by atoms with E-state index in [2.05, 4.69) is 0 Å². The molecule has 1 N–H and O–H groups in total. The van der Waals surface area contributed by atoms with E-state index in [0.29, 0.717) is 19.5 Å². The Kier molecular flexibility index (Phi) is 2.19. The molecule has 0 aromatic carbocycles. The van der Waals surface area contributed by atoms with Crippen molar-refractivity contribution in [3.8, 4) is 0 Å². The standard InChI is InChI=1S/C8H13NO3/c1-6(10)8(7(11)12)3-4-9(2)5-8/h3-5H2,1-2H3,(H,11,12)/t8-/m0/s1. The zero-order valence-electron chi connectivity index (χ0n) is 7.33. The molecule has 0 bridgehead atoms. The molecule has 1 rings (SSSR count). The molecule has 0 aliphatic carbocycles. The second kappa shape index (κ2) is 2.86. The highest BCUT2D eigenvalue weighted by atomic mass is 16.4. The van der Waals surface area contributed by atoms with E-state index in [1.807, 2.05) is 11.9 Å². The molecule has 4 nitrogen and oxygen atoms in total. The van der Waals surface area contributed by atoms with Gasteiger partial charge in [-0.25, -0.2) is 0 Å². The summed E-state index contributed by atoms with van der Waals surface area (Å²) in [4.78, 5) is 23.9. The van der Waals surface area contributed by atoms with Crippen LogP contribution in [0, 0.1) is 5.41 Å². The van der Waals surface area contributed by atoms with Crippen molar-refractivity contribution < 1.29 is 14.7 Å². The first-order chi connectivity index (χ1) is 5.49. The minimum atomic E-state index is -1.13. The number of hydrogen-bond donors (Lipinski definition) is 1. The number of rotatable bonds is 2. The highest BCUT2D eigenvalue weighted by Crippen LogP contribution is 2.30. The lowest BCUT2D eigenvalue weighted by atomic mass is 9.83. The van der Waals surface area contributed by atoms with Crippen LogP contribution in [0.1, 0.15) is 13.3 Å². The van der Waals surface area contributed by atoms with Gasteiger partial charge in [-0.15, -0.1) is 0 Å². The van der Waals surface area contributed by atoms with Crippen LogP contribution in [-0.4, -0.2) is 41.9 Å². The number of aliphatic carboxylic acids is 1. The molecule has 1 aliphatic heterocycles. The van der Waals surface area contributed by atoms with Gasteiger partial charge in [-0.3, -0.25) is 9.59 Å². The molecule has 4 heteroatoms. The summed E-state index contributed by atoms with van der Waals surface area (Å²) >= 11 is 0. The molecule has 0 amide bonds. The van der Waals surface area contributed by atoms with Gasteiger partial charge < -0.3 is 10.0 Å². The summed E-state index contributed by atoms with van der Waals surface area (Å²) in [6.07, 6.45) is 0.439. The second-order valence-electron chi connectivity index (χ2n) is 3.43. The Hall–Kier alpha value is -0.900. The van der Waals surface area contributed by atoms with E-state index in [-0.39, 0.29) is 5.78 Å². The SMILES string of the molecule is CC(=O)[C@]1(C(=O)O)CCN(C)C1. The number of carboxylic acids is 1. The lowest BCUT2D eigenvalue weighted by Crippen LogP contribution is -2.40. The third kappa shape index (κ3) is 1.22. The van der Waals surface area contributed by atoms with Crippen LogP contribution < -0.4 is 0 Å². The van der Waals surface area contributed by atoms with Crippen molar-refractivity contribution in [1.29, 1.82) is 0 Å². The van der Waals surface area contributed by atoms with Crippen LogP contribution in [0.15, 0.2) is 0 Å². The second-order valence-corrected chi connectivity index (χ2v) is 3.43. The normalized spacial score (nSPS) is 30.5. The Labute approximate surface area is 71.2 Å². The topological polar surface area (TPSA) is 57.6 Å². The predicted molar refractivity (Wildman–Crippen MR) is 42.9 cm³/mol. The molecule has 0 saturated carbocycles. The average Bonchev–Trinajstić information content (AvgIpc) is 2.32. The van der Waals surface area contributed by atoms with Crippen molar-refractivity contribution in [3.63, 3.8) is 0 Å². The maximum Gasteiger partial charge on any atom is 0.318 e. The van der Waals surface area contributed by atoms with Gasteiger partial charge in [0, 0.05) is 6.54 Å². The zero-order valence-corrected chi connectivity index (χ0v) is 7.33. The van der Waals surface area contributed by atoms with Crippen LogP contribution in [0.5, 0.6) is 0 Å². The number of carboxylic acid groups (broad SMARTS) is 1. The molecule has 1 fully saturated rings. The molecule has 1 aliphatic rings. The summed E-state index contributed by atoms with van der Waals surface area (Å²) in [5.41, 5.74) is -1.13. The molecule has 0 radical (unpaired) electrons. The molecule has 0 unspecified atom stereocenters. The smallest absolute Gasteiger partial charge is 0.318 e. The van der Waals surface area contributed by atoms with E-state index >= 15 is 0 Å². The molecule has 0 spiro atoms. The molecule has 68 valence electrons.